The monoisotopic (exact) mass is 261 g/mol. The fraction of sp³-hybridized carbons (Fsp3) is 0.727. The summed E-state index contributed by atoms with van der Waals surface area (Å²) in [5.41, 5.74) is 1.27. The van der Waals surface area contributed by atoms with Gasteiger partial charge in [0.25, 0.3) is 0 Å². The molecule has 1 aliphatic rings. The van der Waals surface area contributed by atoms with E-state index in [-0.39, 0.29) is 6.54 Å². The number of rotatable bonds is 6. The van der Waals surface area contributed by atoms with Crippen LogP contribution in [0.4, 0.5) is 0 Å². The first-order chi connectivity index (χ1) is 7.93. The fourth-order valence-corrected chi connectivity index (χ4v) is 2.65. The molecule has 0 aromatic heterocycles. The second kappa shape index (κ2) is 6.16. The van der Waals surface area contributed by atoms with E-state index in [1.165, 1.54) is 18.9 Å². The molecule has 1 unspecified atom stereocenters. The van der Waals surface area contributed by atoms with Crippen LogP contribution in [0.25, 0.3) is 0 Å². The van der Waals surface area contributed by atoms with Crippen LogP contribution >= 0.6 is 0 Å². The van der Waals surface area contributed by atoms with Crippen molar-refractivity contribution in [3.63, 3.8) is 0 Å². The van der Waals surface area contributed by atoms with Crippen LogP contribution < -0.4 is 4.72 Å². The Morgan fingerprint density at radius 2 is 2.24 bits per heavy atom. The lowest BCUT2D eigenvalue weighted by Crippen LogP contribution is -2.38. The zero-order chi connectivity index (χ0) is 12.9. The van der Waals surface area contributed by atoms with Gasteiger partial charge >= 0.3 is 5.97 Å². The van der Waals surface area contributed by atoms with Gasteiger partial charge in [0.05, 0.1) is 0 Å². The molecule has 0 saturated carbocycles. The lowest BCUT2D eigenvalue weighted by molar-refractivity contribution is -0.136. The van der Waals surface area contributed by atoms with Crippen molar-refractivity contribution >= 4 is 16.0 Å². The van der Waals surface area contributed by atoms with Gasteiger partial charge < -0.3 is 5.11 Å². The van der Waals surface area contributed by atoms with Crippen LogP contribution in [-0.2, 0) is 14.8 Å². The predicted octanol–water partition coefficient (Wildman–Crippen LogP) is 1.27. The van der Waals surface area contributed by atoms with Gasteiger partial charge in [-0.1, -0.05) is 11.6 Å². The smallest absolute Gasteiger partial charge is 0.323 e. The third kappa shape index (κ3) is 4.47. The quantitative estimate of drug-likeness (QED) is 0.705. The van der Waals surface area contributed by atoms with Crippen LogP contribution in [0.2, 0.25) is 0 Å². The van der Waals surface area contributed by atoms with Crippen LogP contribution in [0.3, 0.4) is 0 Å². The summed E-state index contributed by atoms with van der Waals surface area (Å²) in [7, 11) is -3.74. The second-order valence-corrected chi connectivity index (χ2v) is 6.36. The maximum absolute atomic E-state index is 11.5. The molecule has 6 heteroatoms. The van der Waals surface area contributed by atoms with E-state index in [1.54, 1.807) is 0 Å². The zero-order valence-electron chi connectivity index (χ0n) is 9.98. The number of carboxylic acids is 1. The van der Waals surface area contributed by atoms with Gasteiger partial charge in [-0.2, -0.15) is 0 Å². The summed E-state index contributed by atoms with van der Waals surface area (Å²) in [6, 6.07) is 0. The predicted molar refractivity (Wildman–Crippen MR) is 65.2 cm³/mol. The van der Waals surface area contributed by atoms with Crippen LogP contribution in [0, 0.1) is 0 Å². The van der Waals surface area contributed by atoms with Gasteiger partial charge in [-0.05, 0) is 39.0 Å². The number of carbonyl (C=O) groups is 1. The molecule has 0 aromatic rings. The van der Waals surface area contributed by atoms with Gasteiger partial charge in [-0.15, -0.1) is 0 Å². The summed E-state index contributed by atoms with van der Waals surface area (Å²) in [6.45, 7) is 1.45. The molecule has 0 fully saturated rings. The van der Waals surface area contributed by atoms with E-state index in [4.69, 9.17) is 5.11 Å². The van der Waals surface area contributed by atoms with Crippen molar-refractivity contribution in [1.82, 2.24) is 4.72 Å². The molecule has 17 heavy (non-hydrogen) atoms. The topological polar surface area (TPSA) is 83.5 Å². The highest BCUT2D eigenvalue weighted by Crippen LogP contribution is 2.19. The van der Waals surface area contributed by atoms with Gasteiger partial charge in [0.2, 0.25) is 10.0 Å². The van der Waals surface area contributed by atoms with Crippen molar-refractivity contribution in [2.24, 2.45) is 0 Å². The molecule has 0 saturated heterocycles. The van der Waals surface area contributed by atoms with E-state index >= 15 is 0 Å². The highest BCUT2D eigenvalue weighted by molar-refractivity contribution is 7.90. The van der Waals surface area contributed by atoms with E-state index in [9.17, 15) is 13.2 Å². The average molecular weight is 261 g/mol. The van der Waals surface area contributed by atoms with E-state index in [0.717, 1.165) is 19.3 Å². The Bertz CT molecular complexity index is 400. The number of hydrogen-bond acceptors (Lipinski definition) is 3. The summed E-state index contributed by atoms with van der Waals surface area (Å²) in [5, 5.41) is 7.23. The van der Waals surface area contributed by atoms with Crippen molar-refractivity contribution < 1.29 is 18.3 Å². The summed E-state index contributed by atoms with van der Waals surface area (Å²) in [6.07, 6.45) is 7.27. The first-order valence-corrected chi connectivity index (χ1v) is 7.37. The lowest BCUT2D eigenvalue weighted by atomic mass is 9.97. The molecule has 1 aliphatic carbocycles. The van der Waals surface area contributed by atoms with Crippen LogP contribution in [0.15, 0.2) is 11.6 Å². The van der Waals surface area contributed by atoms with Crippen LogP contribution in [0.1, 0.15) is 39.0 Å². The first-order valence-electron chi connectivity index (χ1n) is 5.82. The largest absolute Gasteiger partial charge is 0.480 e. The Morgan fingerprint density at radius 1 is 1.53 bits per heavy atom. The molecule has 0 aromatic carbocycles. The van der Waals surface area contributed by atoms with Crippen molar-refractivity contribution in [2.75, 3.05) is 6.54 Å². The van der Waals surface area contributed by atoms with Crippen molar-refractivity contribution in [3.8, 4) is 0 Å². The minimum absolute atomic E-state index is 0.284. The van der Waals surface area contributed by atoms with Gasteiger partial charge in [-0.3, -0.25) is 4.79 Å². The van der Waals surface area contributed by atoms with E-state index in [2.05, 4.69) is 10.8 Å². The van der Waals surface area contributed by atoms with Crippen LogP contribution in [-0.4, -0.2) is 31.3 Å². The number of hydrogen-bond donors (Lipinski definition) is 2. The molecule has 1 atom stereocenters. The first kappa shape index (κ1) is 14.2. The molecule has 0 heterocycles. The summed E-state index contributed by atoms with van der Waals surface area (Å²) in [4.78, 5) is 10.6. The van der Waals surface area contributed by atoms with Crippen molar-refractivity contribution in [3.05, 3.63) is 11.6 Å². The van der Waals surface area contributed by atoms with E-state index < -0.39 is 21.2 Å². The van der Waals surface area contributed by atoms with Gasteiger partial charge in [0.15, 0.2) is 5.25 Å². The number of aliphatic carboxylic acids is 1. The maximum atomic E-state index is 11.5. The Balaban J connectivity index is 2.40. The Morgan fingerprint density at radius 3 is 2.76 bits per heavy atom. The minimum atomic E-state index is -3.74. The molecule has 98 valence electrons. The fourth-order valence-electron chi connectivity index (χ4n) is 1.74. The minimum Gasteiger partial charge on any atom is -0.480 e. The standard InChI is InChI=1S/C11H19NO4S/c1-9(11(13)14)17(15,16)12-8-7-10-5-3-2-4-6-10/h5,9,12H,2-4,6-8H2,1H3,(H,13,14). The highest BCUT2D eigenvalue weighted by Gasteiger charge is 2.26. The Hall–Kier alpha value is -0.880. The Labute approximate surface area is 102 Å². The molecular weight excluding hydrogens is 242 g/mol. The molecule has 5 nitrogen and oxygen atoms in total. The molecule has 0 radical (unpaired) electrons. The molecule has 0 bridgehead atoms. The van der Waals surface area contributed by atoms with Gasteiger partial charge in [0, 0.05) is 6.54 Å². The number of nitrogens with one attached hydrogen (secondary N) is 1. The average Bonchev–Trinajstić information content (AvgIpc) is 2.29. The molecular formula is C11H19NO4S. The molecule has 1 rings (SSSR count). The molecule has 2 N–H and O–H groups in total. The van der Waals surface area contributed by atoms with E-state index in [1.807, 2.05) is 0 Å². The van der Waals surface area contributed by atoms with Crippen molar-refractivity contribution in [1.29, 1.82) is 0 Å². The van der Waals surface area contributed by atoms with Gasteiger partial charge in [0.1, 0.15) is 0 Å². The third-order valence-corrected chi connectivity index (χ3v) is 4.69. The Kier molecular flexibility index (Phi) is 5.14. The van der Waals surface area contributed by atoms with Crippen LogP contribution in [0.5, 0.6) is 0 Å². The van der Waals surface area contributed by atoms with E-state index in [0.29, 0.717) is 6.42 Å². The molecule has 0 amide bonds. The highest BCUT2D eigenvalue weighted by atomic mass is 32.2. The van der Waals surface area contributed by atoms with Crippen molar-refractivity contribution in [2.45, 2.75) is 44.3 Å². The number of sulfonamides is 1. The number of allylic oxidation sites excluding steroid dienone is 1. The molecule has 0 spiro atoms. The summed E-state index contributed by atoms with van der Waals surface area (Å²) in [5.74, 6) is -1.32. The normalized spacial score (nSPS) is 18.5. The number of carboxylic acid groups (broad SMARTS) is 1. The zero-order valence-corrected chi connectivity index (χ0v) is 10.8. The maximum Gasteiger partial charge on any atom is 0.323 e. The SMILES string of the molecule is CC(C(=O)O)S(=O)(=O)NCCC1=CCCCC1. The lowest BCUT2D eigenvalue weighted by Gasteiger charge is -2.14. The van der Waals surface area contributed by atoms with Gasteiger partial charge in [-0.25, -0.2) is 13.1 Å². The summed E-state index contributed by atoms with van der Waals surface area (Å²) >= 11 is 0. The third-order valence-electron chi connectivity index (χ3n) is 2.95. The summed E-state index contributed by atoms with van der Waals surface area (Å²) < 4.78 is 25.3. The molecule has 0 aliphatic heterocycles. The second-order valence-electron chi connectivity index (χ2n) is 4.28.